The molecule has 1 aromatic carbocycles. The predicted molar refractivity (Wildman–Crippen MR) is 78.2 cm³/mol. The zero-order valence-corrected chi connectivity index (χ0v) is 12.1. The number of benzene rings is 1. The fourth-order valence-electron chi connectivity index (χ4n) is 2.80. The van der Waals surface area contributed by atoms with Crippen molar-refractivity contribution < 1.29 is 19.0 Å². The summed E-state index contributed by atoms with van der Waals surface area (Å²) in [6, 6.07) is 10.4. The summed E-state index contributed by atoms with van der Waals surface area (Å²) in [5, 5.41) is 0. The second-order valence-electron chi connectivity index (χ2n) is 5.44. The highest BCUT2D eigenvalue weighted by Crippen LogP contribution is 2.37. The van der Waals surface area contributed by atoms with Crippen molar-refractivity contribution in [3.8, 4) is 6.01 Å². The van der Waals surface area contributed by atoms with Crippen molar-refractivity contribution in [3.05, 3.63) is 58.5 Å². The maximum absolute atomic E-state index is 12.0. The Balaban J connectivity index is 1.43. The van der Waals surface area contributed by atoms with Gasteiger partial charge in [-0.25, -0.2) is 4.79 Å². The Bertz CT molecular complexity index is 789. The minimum absolute atomic E-state index is 0.0909. The molecule has 2 bridgehead atoms. The summed E-state index contributed by atoms with van der Waals surface area (Å²) in [6.07, 6.45) is 1.31. The molecule has 2 aromatic rings. The smallest absolute Gasteiger partial charge is 0.338 e. The van der Waals surface area contributed by atoms with Gasteiger partial charge in [-0.1, -0.05) is 18.2 Å². The topological polar surface area (TPSA) is 79.7 Å². The molecule has 2 aliphatic heterocycles. The molecule has 7 heteroatoms. The van der Waals surface area contributed by atoms with E-state index < -0.39 is 5.97 Å². The number of fused-ring (bicyclic) bond motifs is 4. The molecule has 0 aliphatic carbocycles. The van der Waals surface area contributed by atoms with Gasteiger partial charge in [0.05, 0.1) is 5.56 Å². The third-order valence-corrected chi connectivity index (χ3v) is 3.94. The molecular weight excluding hydrogens is 300 g/mol. The van der Waals surface area contributed by atoms with Crippen molar-refractivity contribution >= 4 is 5.97 Å². The van der Waals surface area contributed by atoms with Crippen molar-refractivity contribution in [2.45, 2.75) is 24.9 Å². The van der Waals surface area contributed by atoms with Crippen LogP contribution in [-0.2, 0) is 9.47 Å². The maximum Gasteiger partial charge on any atom is 0.338 e. The zero-order chi connectivity index (χ0) is 15.8. The standard InChI is InChI=1S/C16H14N2O5/c19-13-6-7-18-14-8-11(23-16(18)17-13)12(22-14)9-21-15(20)10-4-2-1-3-5-10/h1-7,11-12,14H,8-9H2/t11-,12-,14-/m1/s1. The monoisotopic (exact) mass is 314 g/mol. The Morgan fingerprint density at radius 2 is 2.13 bits per heavy atom. The van der Waals surface area contributed by atoms with Gasteiger partial charge in [-0.05, 0) is 12.1 Å². The Hall–Kier alpha value is -2.67. The van der Waals surface area contributed by atoms with Crippen LogP contribution in [-0.4, -0.2) is 34.3 Å². The van der Waals surface area contributed by atoms with Crippen molar-refractivity contribution in [2.24, 2.45) is 0 Å². The van der Waals surface area contributed by atoms with Crippen LogP contribution in [0.3, 0.4) is 0 Å². The largest absolute Gasteiger partial charge is 0.459 e. The molecule has 4 rings (SSSR count). The van der Waals surface area contributed by atoms with E-state index in [1.807, 2.05) is 6.07 Å². The summed E-state index contributed by atoms with van der Waals surface area (Å²) in [6.45, 7) is 0.0909. The van der Waals surface area contributed by atoms with Crippen LogP contribution in [0.5, 0.6) is 6.01 Å². The van der Waals surface area contributed by atoms with E-state index in [0.717, 1.165) is 0 Å². The minimum Gasteiger partial charge on any atom is -0.459 e. The van der Waals surface area contributed by atoms with Gasteiger partial charge in [0.2, 0.25) is 0 Å². The molecule has 3 heterocycles. The molecule has 23 heavy (non-hydrogen) atoms. The fourth-order valence-corrected chi connectivity index (χ4v) is 2.80. The van der Waals surface area contributed by atoms with Crippen LogP contribution in [0.2, 0.25) is 0 Å². The quantitative estimate of drug-likeness (QED) is 0.791. The number of aromatic nitrogens is 2. The number of carbonyl (C=O) groups is 1. The average Bonchev–Trinajstić information content (AvgIpc) is 2.90. The lowest BCUT2D eigenvalue weighted by molar-refractivity contribution is -0.0351. The van der Waals surface area contributed by atoms with Crippen LogP contribution in [0.1, 0.15) is 23.0 Å². The number of nitrogens with zero attached hydrogens (tertiary/aromatic N) is 2. The van der Waals surface area contributed by atoms with Crippen LogP contribution >= 0.6 is 0 Å². The normalized spacial score (nSPS) is 24.6. The molecule has 1 aromatic heterocycles. The molecule has 2 aliphatic rings. The highest BCUT2D eigenvalue weighted by atomic mass is 16.6. The highest BCUT2D eigenvalue weighted by molar-refractivity contribution is 5.89. The molecule has 0 spiro atoms. The van der Waals surface area contributed by atoms with E-state index in [2.05, 4.69) is 4.98 Å². The van der Waals surface area contributed by atoms with Gasteiger partial charge in [0.1, 0.15) is 25.0 Å². The van der Waals surface area contributed by atoms with Crippen LogP contribution in [0, 0.1) is 0 Å². The summed E-state index contributed by atoms with van der Waals surface area (Å²) in [4.78, 5) is 27.1. The molecule has 0 radical (unpaired) electrons. The third-order valence-electron chi connectivity index (χ3n) is 3.94. The number of carbonyl (C=O) groups excluding carboxylic acids is 1. The molecule has 0 amide bonds. The van der Waals surface area contributed by atoms with E-state index in [0.29, 0.717) is 12.0 Å². The third kappa shape index (κ3) is 2.59. The first-order chi connectivity index (χ1) is 11.2. The fraction of sp³-hybridized carbons (Fsp3) is 0.312. The second kappa shape index (κ2) is 5.51. The summed E-state index contributed by atoms with van der Waals surface area (Å²) < 4.78 is 18.5. The van der Waals surface area contributed by atoms with Crippen molar-refractivity contribution in [3.63, 3.8) is 0 Å². The molecule has 0 N–H and O–H groups in total. The lowest BCUT2D eigenvalue weighted by Gasteiger charge is -2.23. The van der Waals surface area contributed by atoms with Crippen LogP contribution in [0.25, 0.3) is 0 Å². The van der Waals surface area contributed by atoms with E-state index in [1.165, 1.54) is 6.07 Å². The van der Waals surface area contributed by atoms with Gasteiger partial charge < -0.3 is 14.2 Å². The van der Waals surface area contributed by atoms with Gasteiger partial charge in [0.25, 0.3) is 5.56 Å². The van der Waals surface area contributed by atoms with Gasteiger partial charge in [0, 0.05) is 18.7 Å². The molecule has 7 nitrogen and oxygen atoms in total. The molecule has 1 fully saturated rings. The van der Waals surface area contributed by atoms with Crippen LogP contribution in [0.4, 0.5) is 0 Å². The second-order valence-corrected chi connectivity index (χ2v) is 5.44. The summed E-state index contributed by atoms with van der Waals surface area (Å²) in [7, 11) is 0. The maximum atomic E-state index is 12.0. The summed E-state index contributed by atoms with van der Waals surface area (Å²) >= 11 is 0. The molecule has 118 valence electrons. The van der Waals surface area contributed by atoms with Gasteiger partial charge in [0.15, 0.2) is 0 Å². The molecule has 0 saturated carbocycles. The lowest BCUT2D eigenvalue weighted by Crippen LogP contribution is -2.34. The summed E-state index contributed by atoms with van der Waals surface area (Å²) in [5.41, 5.74) is 0.134. The Morgan fingerprint density at radius 3 is 2.96 bits per heavy atom. The van der Waals surface area contributed by atoms with Gasteiger partial charge >= 0.3 is 12.0 Å². The zero-order valence-electron chi connectivity index (χ0n) is 12.1. The molecule has 3 atom stereocenters. The average molecular weight is 314 g/mol. The van der Waals surface area contributed by atoms with Crippen molar-refractivity contribution in [1.82, 2.24) is 9.55 Å². The highest BCUT2D eigenvalue weighted by Gasteiger charge is 2.43. The van der Waals surface area contributed by atoms with Gasteiger partial charge in [-0.15, -0.1) is 0 Å². The first kappa shape index (κ1) is 14.0. The van der Waals surface area contributed by atoms with Crippen molar-refractivity contribution in [2.75, 3.05) is 6.61 Å². The van der Waals surface area contributed by atoms with Crippen LogP contribution < -0.4 is 10.3 Å². The Kier molecular flexibility index (Phi) is 3.34. The number of hydrogen-bond donors (Lipinski definition) is 0. The van der Waals surface area contributed by atoms with E-state index in [9.17, 15) is 9.59 Å². The first-order valence-corrected chi connectivity index (χ1v) is 7.34. The first-order valence-electron chi connectivity index (χ1n) is 7.34. The van der Waals surface area contributed by atoms with Gasteiger partial charge in [-0.2, -0.15) is 4.98 Å². The molecule has 1 saturated heterocycles. The van der Waals surface area contributed by atoms with Crippen molar-refractivity contribution in [1.29, 1.82) is 0 Å². The van der Waals surface area contributed by atoms with Crippen LogP contribution in [0.15, 0.2) is 47.4 Å². The van der Waals surface area contributed by atoms with E-state index >= 15 is 0 Å². The molecule has 0 unspecified atom stereocenters. The minimum atomic E-state index is -0.402. The number of hydrogen-bond acceptors (Lipinski definition) is 6. The Labute approximate surface area is 131 Å². The van der Waals surface area contributed by atoms with E-state index in [-0.39, 0.29) is 36.6 Å². The SMILES string of the molecule is O=C(OC[C@H]1O[C@@H]2C[C@H]1Oc1nc(=O)ccn12)c1ccccc1. The lowest BCUT2D eigenvalue weighted by atomic mass is 10.1. The number of ether oxygens (including phenoxy) is 3. The Morgan fingerprint density at radius 1 is 1.30 bits per heavy atom. The predicted octanol–water partition coefficient (Wildman–Crippen LogP) is 1.15. The molecular formula is C16H14N2O5. The number of rotatable bonds is 3. The van der Waals surface area contributed by atoms with E-state index in [4.69, 9.17) is 14.2 Å². The number of esters is 1. The van der Waals surface area contributed by atoms with E-state index in [1.54, 1.807) is 35.0 Å². The van der Waals surface area contributed by atoms with Gasteiger partial charge in [-0.3, -0.25) is 9.36 Å². The summed E-state index contributed by atoms with van der Waals surface area (Å²) in [5.74, 6) is -0.402.